The highest BCUT2D eigenvalue weighted by Gasteiger charge is 2.28. The average molecular weight is 510 g/mol. The van der Waals surface area contributed by atoms with E-state index < -0.39 is 5.82 Å². The molecular weight excluding hydrogens is 477 g/mol. The number of aryl methyl sites for hydroxylation is 1. The van der Waals surface area contributed by atoms with E-state index in [4.69, 9.17) is 9.47 Å². The van der Waals surface area contributed by atoms with Crippen LogP contribution in [0.15, 0.2) is 18.5 Å². The van der Waals surface area contributed by atoms with Crippen molar-refractivity contribution in [2.45, 2.75) is 52.0 Å². The Bertz CT molecular complexity index is 1330. The van der Waals surface area contributed by atoms with Gasteiger partial charge in [-0.05, 0) is 44.6 Å². The summed E-state index contributed by atoms with van der Waals surface area (Å²) in [5.41, 5.74) is 3.21. The van der Waals surface area contributed by atoms with Crippen molar-refractivity contribution in [2.75, 3.05) is 26.8 Å². The van der Waals surface area contributed by atoms with Gasteiger partial charge in [-0.2, -0.15) is 0 Å². The quantitative estimate of drug-likeness (QED) is 0.475. The molecule has 1 aromatic carbocycles. The maximum Gasteiger partial charge on any atom is 0.255 e. The minimum atomic E-state index is -0.517. The lowest BCUT2D eigenvalue weighted by atomic mass is 10.0. The third-order valence-corrected chi connectivity index (χ3v) is 7.16. The zero-order chi connectivity index (χ0) is 26.1. The number of aromatic amines is 1. The van der Waals surface area contributed by atoms with Gasteiger partial charge in [0.05, 0.1) is 24.8 Å². The fraction of sp³-hybridized carbons (Fsp3) is 0.481. The largest absolute Gasteiger partial charge is 0.494 e. The minimum Gasteiger partial charge on any atom is -0.494 e. The van der Waals surface area contributed by atoms with Gasteiger partial charge in [-0.15, -0.1) is 0 Å². The van der Waals surface area contributed by atoms with Crippen LogP contribution in [0.25, 0.3) is 22.3 Å². The van der Waals surface area contributed by atoms with Crippen molar-refractivity contribution in [3.63, 3.8) is 0 Å². The highest BCUT2D eigenvalue weighted by Crippen LogP contribution is 2.39. The summed E-state index contributed by atoms with van der Waals surface area (Å²) in [6.07, 6.45) is 5.51. The lowest BCUT2D eigenvalue weighted by molar-refractivity contribution is -0.131. The van der Waals surface area contributed by atoms with E-state index in [1.165, 1.54) is 19.5 Å². The Hall–Kier alpha value is -3.69. The van der Waals surface area contributed by atoms with Gasteiger partial charge in [0.2, 0.25) is 5.91 Å². The fourth-order valence-corrected chi connectivity index (χ4v) is 4.85. The summed E-state index contributed by atoms with van der Waals surface area (Å²) in [6.45, 7) is 5.45. The van der Waals surface area contributed by atoms with Gasteiger partial charge in [-0.25, -0.2) is 14.4 Å². The van der Waals surface area contributed by atoms with Crippen molar-refractivity contribution >= 4 is 22.8 Å². The van der Waals surface area contributed by atoms with Crippen LogP contribution in [-0.4, -0.2) is 64.5 Å². The number of H-pyrrole nitrogens is 1. The van der Waals surface area contributed by atoms with Crippen molar-refractivity contribution in [1.29, 1.82) is 0 Å². The van der Waals surface area contributed by atoms with E-state index in [-0.39, 0.29) is 23.6 Å². The molecule has 1 aliphatic carbocycles. The van der Waals surface area contributed by atoms with E-state index in [1.54, 1.807) is 6.07 Å². The van der Waals surface area contributed by atoms with Crippen LogP contribution in [0.1, 0.15) is 55.1 Å². The van der Waals surface area contributed by atoms with Crippen LogP contribution in [0.2, 0.25) is 0 Å². The first-order valence-corrected chi connectivity index (χ1v) is 12.8. The van der Waals surface area contributed by atoms with Crippen molar-refractivity contribution in [2.24, 2.45) is 5.92 Å². The molecular formula is C27H32FN5O4. The van der Waals surface area contributed by atoms with Gasteiger partial charge in [0.25, 0.3) is 5.91 Å². The molecule has 1 aliphatic heterocycles. The predicted octanol–water partition coefficient (Wildman–Crippen LogP) is 4.00. The Morgan fingerprint density at radius 1 is 1.16 bits per heavy atom. The van der Waals surface area contributed by atoms with Gasteiger partial charge in [-0.3, -0.25) is 9.59 Å². The average Bonchev–Trinajstić information content (AvgIpc) is 3.67. The summed E-state index contributed by atoms with van der Waals surface area (Å²) in [5, 5.41) is 3.12. The predicted molar refractivity (Wildman–Crippen MR) is 136 cm³/mol. The molecule has 0 radical (unpaired) electrons. The minimum absolute atomic E-state index is 0.0251. The van der Waals surface area contributed by atoms with Crippen LogP contribution in [-0.2, 0) is 4.79 Å². The van der Waals surface area contributed by atoms with Crippen LogP contribution >= 0.6 is 0 Å². The molecule has 0 spiro atoms. The van der Waals surface area contributed by atoms with E-state index in [0.29, 0.717) is 84.2 Å². The van der Waals surface area contributed by atoms with Crippen LogP contribution in [0, 0.1) is 18.7 Å². The Morgan fingerprint density at radius 3 is 2.59 bits per heavy atom. The molecule has 2 aromatic heterocycles. The number of aromatic nitrogens is 3. The Balaban J connectivity index is 1.44. The lowest BCUT2D eigenvalue weighted by Crippen LogP contribution is -2.46. The molecule has 196 valence electrons. The van der Waals surface area contributed by atoms with Crippen LogP contribution in [0.3, 0.4) is 0 Å². The Kier molecular flexibility index (Phi) is 6.99. The summed E-state index contributed by atoms with van der Waals surface area (Å²) in [6, 6.07) is 2.87. The standard InChI is InChI=1S/C27H32FN5O4/c1-4-22(34)33-9-7-17(8-10-33)32-27(35)23-15(2)31-26-24(29-14-30-25(23)26)18-11-21(36-3)19(28)12-20(18)37-13-16-5-6-16/h11-12,14,16-17,31H,4-10,13H2,1-3H3,(H,32,35). The molecule has 10 heteroatoms. The number of ether oxygens (including phenoxy) is 2. The highest BCUT2D eigenvalue weighted by molar-refractivity contribution is 6.09. The van der Waals surface area contributed by atoms with Crippen molar-refractivity contribution in [1.82, 2.24) is 25.2 Å². The molecule has 5 rings (SSSR count). The number of amides is 2. The number of benzene rings is 1. The molecule has 1 saturated heterocycles. The summed E-state index contributed by atoms with van der Waals surface area (Å²) in [5.74, 6) is 0.330. The molecule has 9 nitrogen and oxygen atoms in total. The number of fused-ring (bicyclic) bond motifs is 1. The maximum atomic E-state index is 14.6. The number of carbonyl (C=O) groups excluding carboxylic acids is 2. The van der Waals surface area contributed by atoms with E-state index in [9.17, 15) is 14.0 Å². The lowest BCUT2D eigenvalue weighted by Gasteiger charge is -2.32. The maximum absolute atomic E-state index is 14.6. The molecule has 2 fully saturated rings. The number of methoxy groups -OCH3 is 1. The smallest absolute Gasteiger partial charge is 0.255 e. The van der Waals surface area contributed by atoms with Gasteiger partial charge in [0, 0.05) is 42.9 Å². The molecule has 0 atom stereocenters. The number of hydrogen-bond donors (Lipinski definition) is 2. The van der Waals surface area contributed by atoms with Crippen LogP contribution in [0.4, 0.5) is 4.39 Å². The van der Waals surface area contributed by atoms with Gasteiger partial charge in [0.1, 0.15) is 23.3 Å². The molecule has 0 bridgehead atoms. The number of nitrogens with one attached hydrogen (secondary N) is 2. The van der Waals surface area contributed by atoms with E-state index >= 15 is 0 Å². The van der Waals surface area contributed by atoms with E-state index in [1.807, 2.05) is 18.7 Å². The first-order chi connectivity index (χ1) is 17.9. The normalized spacial score (nSPS) is 16.2. The molecule has 2 N–H and O–H groups in total. The Morgan fingerprint density at radius 2 is 1.92 bits per heavy atom. The number of nitrogens with zero attached hydrogens (tertiary/aromatic N) is 3. The van der Waals surface area contributed by atoms with Crippen LogP contribution in [0.5, 0.6) is 11.5 Å². The number of halogens is 1. The van der Waals surface area contributed by atoms with Gasteiger partial charge in [-0.1, -0.05) is 6.92 Å². The fourth-order valence-electron chi connectivity index (χ4n) is 4.85. The zero-order valence-corrected chi connectivity index (χ0v) is 21.4. The van der Waals surface area contributed by atoms with E-state index in [2.05, 4.69) is 20.3 Å². The molecule has 3 aromatic rings. The number of hydrogen-bond acceptors (Lipinski definition) is 6. The molecule has 3 heterocycles. The first-order valence-electron chi connectivity index (χ1n) is 12.8. The monoisotopic (exact) mass is 509 g/mol. The van der Waals surface area contributed by atoms with Crippen molar-refractivity contribution in [3.05, 3.63) is 35.5 Å². The second-order valence-corrected chi connectivity index (χ2v) is 9.79. The van der Waals surface area contributed by atoms with Gasteiger partial charge < -0.3 is 24.7 Å². The third-order valence-electron chi connectivity index (χ3n) is 7.16. The number of piperidine rings is 1. The second-order valence-electron chi connectivity index (χ2n) is 9.79. The molecule has 2 amide bonds. The number of carbonyl (C=O) groups is 2. The zero-order valence-electron chi connectivity index (χ0n) is 21.4. The molecule has 37 heavy (non-hydrogen) atoms. The summed E-state index contributed by atoms with van der Waals surface area (Å²) < 4.78 is 25.8. The van der Waals surface area contributed by atoms with Crippen molar-refractivity contribution < 1.29 is 23.5 Å². The van der Waals surface area contributed by atoms with Gasteiger partial charge in [0.15, 0.2) is 11.6 Å². The SMILES string of the molecule is CCC(=O)N1CCC(NC(=O)c2c(C)[nH]c3c(-c4cc(OC)c(F)cc4OCC4CC4)ncnc23)CC1. The molecule has 0 unspecified atom stereocenters. The molecule has 1 saturated carbocycles. The first kappa shape index (κ1) is 25.0. The third kappa shape index (κ3) is 5.10. The molecule has 2 aliphatic rings. The second kappa shape index (κ2) is 10.4. The number of rotatable bonds is 8. The van der Waals surface area contributed by atoms with Gasteiger partial charge >= 0.3 is 0 Å². The summed E-state index contributed by atoms with van der Waals surface area (Å²) in [7, 11) is 1.41. The Labute approximate surface area is 214 Å². The van der Waals surface area contributed by atoms with E-state index in [0.717, 1.165) is 12.8 Å². The van der Waals surface area contributed by atoms with Crippen molar-refractivity contribution in [3.8, 4) is 22.8 Å². The summed E-state index contributed by atoms with van der Waals surface area (Å²) >= 11 is 0. The summed E-state index contributed by atoms with van der Waals surface area (Å²) in [4.78, 5) is 39.3. The number of likely N-dealkylation sites (tertiary alicyclic amines) is 1. The van der Waals surface area contributed by atoms with Crippen LogP contribution < -0.4 is 14.8 Å². The highest BCUT2D eigenvalue weighted by atomic mass is 19.1. The topological polar surface area (TPSA) is 109 Å².